The Bertz CT molecular complexity index is 372. The molecule has 116 valence electrons. The van der Waals surface area contributed by atoms with Gasteiger partial charge in [0.15, 0.2) is 0 Å². The molecule has 0 bridgehead atoms. The fourth-order valence-corrected chi connectivity index (χ4v) is 1.99. The molecule has 0 aromatic rings. The maximum absolute atomic E-state index is 12.0. The number of amides is 1. The van der Waals surface area contributed by atoms with Gasteiger partial charge in [0.2, 0.25) is 0 Å². The molecule has 1 aliphatic rings. The van der Waals surface area contributed by atoms with E-state index in [4.69, 9.17) is 14.6 Å². The Balaban J connectivity index is 2.59. The molecule has 1 atom stereocenters. The van der Waals surface area contributed by atoms with Crippen LogP contribution in [0.2, 0.25) is 0 Å². The molecular weight excluding hydrogens is 262 g/mol. The number of ether oxygens (including phenoxy) is 2. The largest absolute Gasteiger partial charge is 0.481 e. The number of carbonyl (C=O) groups is 2. The highest BCUT2D eigenvalue weighted by Gasteiger charge is 2.35. The summed E-state index contributed by atoms with van der Waals surface area (Å²) in [4.78, 5) is 24.7. The van der Waals surface area contributed by atoms with Gasteiger partial charge in [0.1, 0.15) is 5.60 Å². The van der Waals surface area contributed by atoms with Gasteiger partial charge in [0.05, 0.1) is 24.7 Å². The molecule has 1 aliphatic heterocycles. The van der Waals surface area contributed by atoms with Crippen molar-refractivity contribution in [3.8, 4) is 0 Å². The summed E-state index contributed by atoms with van der Waals surface area (Å²) in [6, 6.07) is 0. The van der Waals surface area contributed by atoms with Gasteiger partial charge in [-0.15, -0.1) is 0 Å². The zero-order valence-electron chi connectivity index (χ0n) is 12.9. The second-order valence-electron chi connectivity index (χ2n) is 6.81. The third-order valence-corrected chi connectivity index (χ3v) is 3.11. The number of carboxylic acids is 1. The Morgan fingerprint density at radius 1 is 1.30 bits per heavy atom. The van der Waals surface area contributed by atoms with Crippen LogP contribution in [-0.4, -0.2) is 53.5 Å². The van der Waals surface area contributed by atoms with Gasteiger partial charge in [-0.1, -0.05) is 0 Å². The van der Waals surface area contributed by atoms with Gasteiger partial charge in [0, 0.05) is 6.54 Å². The van der Waals surface area contributed by atoms with Gasteiger partial charge < -0.3 is 19.5 Å². The van der Waals surface area contributed by atoms with Crippen LogP contribution in [0.15, 0.2) is 0 Å². The molecule has 0 aromatic heterocycles. The van der Waals surface area contributed by atoms with Crippen molar-refractivity contribution in [1.82, 2.24) is 4.90 Å². The minimum atomic E-state index is -0.873. The summed E-state index contributed by atoms with van der Waals surface area (Å²) in [6.45, 7) is 10.0. The number of hydrogen-bond acceptors (Lipinski definition) is 4. The summed E-state index contributed by atoms with van der Waals surface area (Å²) >= 11 is 0. The first-order valence-corrected chi connectivity index (χ1v) is 6.84. The van der Waals surface area contributed by atoms with E-state index in [-0.39, 0.29) is 12.2 Å². The molecule has 0 radical (unpaired) electrons. The highest BCUT2D eigenvalue weighted by molar-refractivity contribution is 5.73. The summed E-state index contributed by atoms with van der Waals surface area (Å²) in [6.07, 6.45) is -0.289. The minimum Gasteiger partial charge on any atom is -0.481 e. The van der Waals surface area contributed by atoms with Crippen molar-refractivity contribution in [2.75, 3.05) is 19.7 Å². The van der Waals surface area contributed by atoms with E-state index in [9.17, 15) is 9.59 Å². The number of carbonyl (C=O) groups excluding carboxylic acids is 1. The Hall–Kier alpha value is -1.30. The zero-order valence-corrected chi connectivity index (χ0v) is 12.9. The Kier molecular flexibility index (Phi) is 5.02. The summed E-state index contributed by atoms with van der Waals surface area (Å²) in [5.41, 5.74) is -1.41. The number of nitrogens with zero attached hydrogens (tertiary/aromatic N) is 1. The summed E-state index contributed by atoms with van der Waals surface area (Å²) in [5, 5.41) is 9.14. The monoisotopic (exact) mass is 287 g/mol. The van der Waals surface area contributed by atoms with Crippen molar-refractivity contribution in [2.24, 2.45) is 5.41 Å². The number of morpholine rings is 1. The quantitative estimate of drug-likeness (QED) is 0.860. The summed E-state index contributed by atoms with van der Waals surface area (Å²) in [5.74, 6) is -0.865. The lowest BCUT2D eigenvalue weighted by molar-refractivity contribution is -0.150. The van der Waals surface area contributed by atoms with Crippen molar-refractivity contribution in [3.05, 3.63) is 0 Å². The smallest absolute Gasteiger partial charge is 0.410 e. The molecule has 1 fully saturated rings. The lowest BCUT2D eigenvalue weighted by Crippen LogP contribution is -2.49. The van der Waals surface area contributed by atoms with Crippen LogP contribution in [0.4, 0.5) is 4.79 Å². The van der Waals surface area contributed by atoms with E-state index in [2.05, 4.69) is 0 Å². The number of rotatable bonds is 3. The lowest BCUT2D eigenvalue weighted by atomic mass is 9.86. The van der Waals surface area contributed by atoms with Gasteiger partial charge in [-0.25, -0.2) is 4.79 Å². The predicted molar refractivity (Wildman–Crippen MR) is 73.6 cm³/mol. The van der Waals surface area contributed by atoms with E-state index in [1.807, 2.05) is 20.8 Å². The molecule has 6 heteroatoms. The van der Waals surface area contributed by atoms with E-state index in [0.717, 1.165) is 0 Å². The molecule has 0 saturated carbocycles. The standard InChI is InChI=1S/C14H25NO5/c1-13(2,3)20-12(18)15-6-7-19-10(9-15)8-14(4,5)11(16)17/h10H,6-9H2,1-5H3,(H,16,17). The molecule has 1 saturated heterocycles. The second kappa shape index (κ2) is 5.99. The van der Waals surface area contributed by atoms with Crippen LogP contribution in [0, 0.1) is 5.41 Å². The lowest BCUT2D eigenvalue weighted by Gasteiger charge is -2.36. The fraction of sp³-hybridized carbons (Fsp3) is 0.857. The van der Waals surface area contributed by atoms with Crippen LogP contribution >= 0.6 is 0 Å². The fourth-order valence-electron chi connectivity index (χ4n) is 1.99. The van der Waals surface area contributed by atoms with Crippen LogP contribution in [-0.2, 0) is 14.3 Å². The maximum Gasteiger partial charge on any atom is 0.410 e. The van der Waals surface area contributed by atoms with Crippen molar-refractivity contribution in [2.45, 2.75) is 52.7 Å². The molecule has 0 spiro atoms. The van der Waals surface area contributed by atoms with E-state index in [1.165, 1.54) is 0 Å². The van der Waals surface area contributed by atoms with Gasteiger partial charge >= 0.3 is 12.1 Å². The van der Waals surface area contributed by atoms with Crippen molar-refractivity contribution >= 4 is 12.1 Å². The van der Waals surface area contributed by atoms with E-state index in [0.29, 0.717) is 26.1 Å². The third kappa shape index (κ3) is 5.00. The van der Waals surface area contributed by atoms with Crippen LogP contribution in [0.3, 0.4) is 0 Å². The number of carboxylic acid groups (broad SMARTS) is 1. The molecule has 20 heavy (non-hydrogen) atoms. The Morgan fingerprint density at radius 3 is 2.40 bits per heavy atom. The second-order valence-corrected chi connectivity index (χ2v) is 6.81. The van der Waals surface area contributed by atoms with E-state index >= 15 is 0 Å². The molecule has 6 nitrogen and oxygen atoms in total. The Labute approximate surface area is 120 Å². The maximum atomic E-state index is 12.0. The molecule has 0 aliphatic carbocycles. The third-order valence-electron chi connectivity index (χ3n) is 3.11. The van der Waals surface area contributed by atoms with Gasteiger partial charge in [-0.05, 0) is 41.0 Å². The number of aliphatic carboxylic acids is 1. The normalized spacial score (nSPS) is 20.6. The predicted octanol–water partition coefficient (Wildman–Crippen LogP) is 2.12. The van der Waals surface area contributed by atoms with Gasteiger partial charge in [-0.2, -0.15) is 0 Å². The Morgan fingerprint density at radius 2 is 1.90 bits per heavy atom. The average Bonchev–Trinajstić information content (AvgIpc) is 2.26. The molecule has 1 heterocycles. The van der Waals surface area contributed by atoms with E-state index in [1.54, 1.807) is 18.7 Å². The molecular formula is C14H25NO5. The highest BCUT2D eigenvalue weighted by atomic mass is 16.6. The molecule has 0 aromatic carbocycles. The first kappa shape index (κ1) is 16.8. The molecule has 1 unspecified atom stereocenters. The minimum absolute atomic E-state index is 0.276. The van der Waals surface area contributed by atoms with Crippen LogP contribution in [0.1, 0.15) is 41.0 Å². The topological polar surface area (TPSA) is 76.1 Å². The highest BCUT2D eigenvalue weighted by Crippen LogP contribution is 2.26. The van der Waals surface area contributed by atoms with Crippen molar-refractivity contribution in [3.63, 3.8) is 0 Å². The van der Waals surface area contributed by atoms with Crippen LogP contribution in [0.25, 0.3) is 0 Å². The average molecular weight is 287 g/mol. The van der Waals surface area contributed by atoms with Crippen molar-refractivity contribution in [1.29, 1.82) is 0 Å². The first-order valence-electron chi connectivity index (χ1n) is 6.84. The first-order chi connectivity index (χ1) is 9.01. The van der Waals surface area contributed by atoms with Gasteiger partial charge in [-0.3, -0.25) is 4.79 Å². The van der Waals surface area contributed by atoms with Gasteiger partial charge in [0.25, 0.3) is 0 Å². The number of hydrogen-bond donors (Lipinski definition) is 1. The molecule has 1 amide bonds. The molecule has 1 rings (SSSR count). The summed E-state index contributed by atoms with van der Waals surface area (Å²) in [7, 11) is 0. The van der Waals surface area contributed by atoms with E-state index < -0.39 is 17.0 Å². The zero-order chi connectivity index (χ0) is 15.6. The SMILES string of the molecule is CC(C)(C)OC(=O)N1CCOC(CC(C)(C)C(=O)O)C1. The van der Waals surface area contributed by atoms with Crippen LogP contribution < -0.4 is 0 Å². The molecule has 1 N–H and O–H groups in total. The van der Waals surface area contributed by atoms with Crippen molar-refractivity contribution < 1.29 is 24.2 Å². The summed E-state index contributed by atoms with van der Waals surface area (Å²) < 4.78 is 10.9. The van der Waals surface area contributed by atoms with Crippen LogP contribution in [0.5, 0.6) is 0 Å².